The van der Waals surface area contributed by atoms with Crippen molar-refractivity contribution in [3.63, 3.8) is 0 Å². The van der Waals surface area contributed by atoms with Crippen LogP contribution in [0.3, 0.4) is 0 Å². The highest BCUT2D eigenvalue weighted by molar-refractivity contribution is 9.09. The van der Waals surface area contributed by atoms with Gasteiger partial charge in [-0.2, -0.15) is 0 Å². The van der Waals surface area contributed by atoms with Crippen LogP contribution in [0.25, 0.3) is 0 Å². The number of rotatable bonds is 6. The molecule has 0 saturated carbocycles. The van der Waals surface area contributed by atoms with Gasteiger partial charge in [0, 0.05) is 11.9 Å². The van der Waals surface area contributed by atoms with Gasteiger partial charge in [-0.1, -0.05) is 45.2 Å². The molecule has 0 unspecified atom stereocenters. The van der Waals surface area contributed by atoms with E-state index in [2.05, 4.69) is 21.2 Å². The van der Waals surface area contributed by atoms with Gasteiger partial charge < -0.3 is 5.32 Å². The molecule has 1 N–H and O–H groups in total. The van der Waals surface area contributed by atoms with E-state index >= 15 is 0 Å². The molecule has 0 atom stereocenters. The zero-order valence-electron chi connectivity index (χ0n) is 9.31. The quantitative estimate of drug-likeness (QED) is 0.620. The second-order valence-corrected chi connectivity index (χ2v) is 5.28. The minimum Gasteiger partial charge on any atom is -0.356 e. The molecule has 0 bridgehead atoms. The number of carbonyl (C=O) groups excluding carboxylic acids is 1. The Labute approximate surface area is 120 Å². The second kappa shape index (κ2) is 7.96. The van der Waals surface area contributed by atoms with E-state index in [-0.39, 0.29) is 5.91 Å². The fraction of sp³-hybridized carbons (Fsp3) is 0.417. The summed E-state index contributed by atoms with van der Waals surface area (Å²) in [5.41, 5.74) is 0.873. The van der Waals surface area contributed by atoms with E-state index in [1.165, 1.54) is 0 Å². The Morgan fingerprint density at radius 2 is 2.00 bits per heavy atom. The number of carbonyl (C=O) groups is 1. The Morgan fingerprint density at radius 3 is 2.65 bits per heavy atom. The summed E-state index contributed by atoms with van der Waals surface area (Å²) < 4.78 is 0. The first kappa shape index (κ1) is 14.8. The van der Waals surface area contributed by atoms with E-state index in [0.29, 0.717) is 23.0 Å². The largest absolute Gasteiger partial charge is 0.356 e. The third kappa shape index (κ3) is 5.75. The van der Waals surface area contributed by atoms with Gasteiger partial charge in [0.1, 0.15) is 0 Å². The standard InChI is InChI=1S/C12H14BrCl2NO/c13-5-1-2-6-16-12(17)8-9-3-4-10(14)11(15)7-9/h3-4,7H,1-2,5-6,8H2,(H,16,17). The summed E-state index contributed by atoms with van der Waals surface area (Å²) in [7, 11) is 0. The molecule has 0 spiro atoms. The van der Waals surface area contributed by atoms with Crippen LogP contribution in [0.15, 0.2) is 18.2 Å². The third-order valence-electron chi connectivity index (χ3n) is 2.23. The highest BCUT2D eigenvalue weighted by atomic mass is 79.9. The number of alkyl halides is 1. The number of benzene rings is 1. The summed E-state index contributed by atoms with van der Waals surface area (Å²) in [6.45, 7) is 0.714. The summed E-state index contributed by atoms with van der Waals surface area (Å²) in [5.74, 6) is 0.0120. The Hall–Kier alpha value is -0.250. The number of hydrogen-bond donors (Lipinski definition) is 1. The van der Waals surface area contributed by atoms with Crippen LogP contribution < -0.4 is 5.32 Å². The number of nitrogens with one attached hydrogen (secondary N) is 1. The number of unbranched alkanes of at least 4 members (excludes halogenated alkanes) is 1. The lowest BCUT2D eigenvalue weighted by Crippen LogP contribution is -2.26. The molecule has 5 heteroatoms. The van der Waals surface area contributed by atoms with E-state index in [1.54, 1.807) is 12.1 Å². The normalized spacial score (nSPS) is 10.3. The molecule has 2 nitrogen and oxygen atoms in total. The van der Waals surface area contributed by atoms with E-state index in [0.717, 1.165) is 23.7 Å². The van der Waals surface area contributed by atoms with Crippen LogP contribution in [0.1, 0.15) is 18.4 Å². The lowest BCUT2D eigenvalue weighted by Gasteiger charge is -2.05. The molecule has 1 aromatic rings. The molecule has 94 valence electrons. The van der Waals surface area contributed by atoms with Crippen molar-refractivity contribution >= 4 is 45.0 Å². The monoisotopic (exact) mass is 337 g/mol. The van der Waals surface area contributed by atoms with Crippen molar-refractivity contribution in [1.29, 1.82) is 0 Å². The first-order valence-electron chi connectivity index (χ1n) is 5.40. The van der Waals surface area contributed by atoms with Gasteiger partial charge in [-0.05, 0) is 30.5 Å². The van der Waals surface area contributed by atoms with Crippen molar-refractivity contribution in [3.8, 4) is 0 Å². The van der Waals surface area contributed by atoms with Gasteiger partial charge in [-0.25, -0.2) is 0 Å². The van der Waals surface area contributed by atoms with Gasteiger partial charge in [0.15, 0.2) is 0 Å². The van der Waals surface area contributed by atoms with E-state index in [1.807, 2.05) is 6.07 Å². The van der Waals surface area contributed by atoms with Crippen LogP contribution in [0.2, 0.25) is 10.0 Å². The fourth-order valence-corrected chi connectivity index (χ4v) is 2.06. The predicted molar refractivity (Wildman–Crippen MR) is 76.2 cm³/mol. The lowest BCUT2D eigenvalue weighted by atomic mass is 10.1. The van der Waals surface area contributed by atoms with Crippen molar-refractivity contribution in [3.05, 3.63) is 33.8 Å². The average molecular weight is 339 g/mol. The molecular weight excluding hydrogens is 325 g/mol. The van der Waals surface area contributed by atoms with E-state index in [9.17, 15) is 4.79 Å². The minimum atomic E-state index is 0.0120. The molecule has 0 radical (unpaired) electrons. The summed E-state index contributed by atoms with van der Waals surface area (Å²) >= 11 is 15.0. The van der Waals surface area contributed by atoms with Crippen LogP contribution in [0.5, 0.6) is 0 Å². The molecule has 0 fully saturated rings. The van der Waals surface area contributed by atoms with Crippen molar-refractivity contribution in [2.75, 3.05) is 11.9 Å². The summed E-state index contributed by atoms with van der Waals surface area (Å²) in [5, 5.41) is 4.82. The molecule has 0 aliphatic carbocycles. The van der Waals surface area contributed by atoms with Crippen molar-refractivity contribution in [2.45, 2.75) is 19.3 Å². The summed E-state index contributed by atoms with van der Waals surface area (Å²) in [6.07, 6.45) is 2.39. The second-order valence-electron chi connectivity index (χ2n) is 3.67. The van der Waals surface area contributed by atoms with Gasteiger partial charge in [0.05, 0.1) is 16.5 Å². The molecule has 0 heterocycles. The molecule has 0 saturated heterocycles. The zero-order valence-corrected chi connectivity index (χ0v) is 12.4. The molecular formula is C12H14BrCl2NO. The number of halogens is 3. The first-order chi connectivity index (χ1) is 8.13. The van der Waals surface area contributed by atoms with Gasteiger partial charge in [0.2, 0.25) is 5.91 Å². The topological polar surface area (TPSA) is 29.1 Å². The molecule has 17 heavy (non-hydrogen) atoms. The van der Waals surface area contributed by atoms with Gasteiger partial charge in [-0.15, -0.1) is 0 Å². The van der Waals surface area contributed by atoms with E-state index in [4.69, 9.17) is 23.2 Å². The Balaban J connectivity index is 2.37. The van der Waals surface area contributed by atoms with Crippen molar-refractivity contribution < 1.29 is 4.79 Å². The van der Waals surface area contributed by atoms with Crippen LogP contribution in [0.4, 0.5) is 0 Å². The lowest BCUT2D eigenvalue weighted by molar-refractivity contribution is -0.120. The maximum Gasteiger partial charge on any atom is 0.224 e. The third-order valence-corrected chi connectivity index (χ3v) is 3.53. The van der Waals surface area contributed by atoms with Gasteiger partial charge in [0.25, 0.3) is 0 Å². The Bertz CT molecular complexity index is 385. The van der Waals surface area contributed by atoms with Crippen molar-refractivity contribution in [1.82, 2.24) is 5.32 Å². The highest BCUT2D eigenvalue weighted by Gasteiger charge is 2.05. The molecule has 0 aliphatic heterocycles. The Morgan fingerprint density at radius 1 is 1.24 bits per heavy atom. The predicted octanol–water partition coefficient (Wildman–Crippen LogP) is 3.83. The number of amides is 1. The maximum absolute atomic E-state index is 11.6. The summed E-state index contributed by atoms with van der Waals surface area (Å²) in [6, 6.07) is 5.24. The van der Waals surface area contributed by atoms with Gasteiger partial charge in [-0.3, -0.25) is 4.79 Å². The van der Waals surface area contributed by atoms with Gasteiger partial charge >= 0.3 is 0 Å². The maximum atomic E-state index is 11.6. The number of hydrogen-bond acceptors (Lipinski definition) is 1. The van der Waals surface area contributed by atoms with Crippen LogP contribution in [-0.4, -0.2) is 17.8 Å². The highest BCUT2D eigenvalue weighted by Crippen LogP contribution is 2.22. The molecule has 1 aromatic carbocycles. The van der Waals surface area contributed by atoms with Crippen LogP contribution in [-0.2, 0) is 11.2 Å². The average Bonchev–Trinajstić information content (AvgIpc) is 2.30. The van der Waals surface area contributed by atoms with Crippen LogP contribution in [0, 0.1) is 0 Å². The summed E-state index contributed by atoms with van der Waals surface area (Å²) in [4.78, 5) is 11.6. The molecule has 1 rings (SSSR count). The fourth-order valence-electron chi connectivity index (χ4n) is 1.34. The smallest absolute Gasteiger partial charge is 0.224 e. The molecule has 0 aliphatic rings. The SMILES string of the molecule is O=C(Cc1ccc(Cl)c(Cl)c1)NCCCCBr. The zero-order chi connectivity index (χ0) is 12.7. The Kier molecular flexibility index (Phi) is 6.93. The van der Waals surface area contributed by atoms with Crippen LogP contribution >= 0.6 is 39.1 Å². The first-order valence-corrected chi connectivity index (χ1v) is 7.28. The van der Waals surface area contributed by atoms with E-state index < -0.39 is 0 Å². The van der Waals surface area contributed by atoms with Crippen molar-refractivity contribution in [2.24, 2.45) is 0 Å². The minimum absolute atomic E-state index is 0.0120. The molecule has 0 aromatic heterocycles. The molecule has 1 amide bonds.